The molecule has 0 bridgehead atoms. The molecule has 2 rings (SSSR count). The second kappa shape index (κ2) is 5.60. The van der Waals surface area contributed by atoms with E-state index in [0.29, 0.717) is 6.61 Å². The summed E-state index contributed by atoms with van der Waals surface area (Å²) in [4.78, 5) is 0. The Balaban J connectivity index is 2.16. The minimum Gasteiger partial charge on any atom is -0.383 e. The average molecular weight is 238 g/mol. The molecule has 0 spiro atoms. The van der Waals surface area contributed by atoms with Crippen LogP contribution < -0.4 is 5.73 Å². The third-order valence-electron chi connectivity index (χ3n) is 3.59. The summed E-state index contributed by atoms with van der Waals surface area (Å²) in [5.41, 5.74) is 6.24. The molecule has 2 N–H and O–H groups in total. The fourth-order valence-electron chi connectivity index (χ4n) is 2.58. The van der Waals surface area contributed by atoms with Crippen molar-refractivity contribution in [2.24, 2.45) is 5.73 Å². The molecule has 17 heavy (non-hydrogen) atoms. The van der Waals surface area contributed by atoms with Crippen LogP contribution in [0.15, 0.2) is 6.33 Å². The zero-order valence-corrected chi connectivity index (χ0v) is 10.6. The maximum atomic E-state index is 6.53. The molecule has 5 nitrogen and oxygen atoms in total. The van der Waals surface area contributed by atoms with Gasteiger partial charge in [0, 0.05) is 13.7 Å². The molecule has 1 heterocycles. The molecule has 0 unspecified atom stereocenters. The Morgan fingerprint density at radius 2 is 2.06 bits per heavy atom. The molecule has 1 aromatic rings. The van der Waals surface area contributed by atoms with E-state index in [1.807, 2.05) is 4.57 Å². The van der Waals surface area contributed by atoms with Crippen LogP contribution in [0.4, 0.5) is 0 Å². The molecule has 1 aliphatic rings. The smallest absolute Gasteiger partial charge is 0.153 e. The van der Waals surface area contributed by atoms with Crippen molar-refractivity contribution >= 4 is 0 Å². The lowest BCUT2D eigenvalue weighted by Gasteiger charge is -2.27. The number of nitrogens with two attached hydrogens (primary N) is 1. The first-order chi connectivity index (χ1) is 8.26. The van der Waals surface area contributed by atoms with Crippen LogP contribution in [0.2, 0.25) is 0 Å². The Morgan fingerprint density at radius 1 is 1.35 bits per heavy atom. The van der Waals surface area contributed by atoms with Crippen molar-refractivity contribution in [3.63, 3.8) is 0 Å². The zero-order valence-electron chi connectivity index (χ0n) is 10.6. The highest BCUT2D eigenvalue weighted by Crippen LogP contribution is 2.32. The fourth-order valence-corrected chi connectivity index (χ4v) is 2.58. The van der Waals surface area contributed by atoms with Crippen LogP contribution in [0.25, 0.3) is 0 Å². The predicted octanol–water partition coefficient (Wildman–Crippen LogP) is 1.43. The summed E-state index contributed by atoms with van der Waals surface area (Å²) in [6.07, 6.45) is 8.72. The van der Waals surface area contributed by atoms with Crippen LogP contribution in [0.5, 0.6) is 0 Å². The van der Waals surface area contributed by atoms with Crippen molar-refractivity contribution in [1.29, 1.82) is 0 Å². The van der Waals surface area contributed by atoms with E-state index in [4.69, 9.17) is 10.5 Å². The Kier molecular flexibility index (Phi) is 4.12. The second-order valence-electron chi connectivity index (χ2n) is 4.91. The summed E-state index contributed by atoms with van der Waals surface area (Å²) < 4.78 is 7.13. The van der Waals surface area contributed by atoms with Gasteiger partial charge in [0.05, 0.1) is 12.1 Å². The molecule has 1 fully saturated rings. The molecule has 0 aromatic carbocycles. The summed E-state index contributed by atoms with van der Waals surface area (Å²) in [5, 5.41) is 8.24. The summed E-state index contributed by atoms with van der Waals surface area (Å²) >= 11 is 0. The first-order valence-corrected chi connectivity index (χ1v) is 6.42. The van der Waals surface area contributed by atoms with Gasteiger partial charge in [-0.1, -0.05) is 25.7 Å². The summed E-state index contributed by atoms with van der Waals surface area (Å²) in [6.45, 7) is 1.44. The van der Waals surface area contributed by atoms with Gasteiger partial charge in [0.2, 0.25) is 0 Å². The molecule has 5 heteroatoms. The van der Waals surface area contributed by atoms with Gasteiger partial charge in [-0.2, -0.15) is 0 Å². The van der Waals surface area contributed by atoms with E-state index in [1.165, 1.54) is 25.7 Å². The number of nitrogens with zero attached hydrogens (tertiary/aromatic N) is 3. The quantitative estimate of drug-likeness (QED) is 0.806. The van der Waals surface area contributed by atoms with Crippen molar-refractivity contribution in [3.8, 4) is 0 Å². The predicted molar refractivity (Wildman–Crippen MR) is 65.5 cm³/mol. The molecule has 0 radical (unpaired) electrons. The fraction of sp³-hybridized carbons (Fsp3) is 0.833. The van der Waals surface area contributed by atoms with Crippen LogP contribution in [0, 0.1) is 0 Å². The molecular formula is C12H22N4O. The largest absolute Gasteiger partial charge is 0.383 e. The maximum Gasteiger partial charge on any atom is 0.153 e. The van der Waals surface area contributed by atoms with Crippen LogP contribution >= 0.6 is 0 Å². The maximum absolute atomic E-state index is 6.53. The van der Waals surface area contributed by atoms with Gasteiger partial charge < -0.3 is 15.0 Å². The normalized spacial score (nSPS) is 20.1. The minimum absolute atomic E-state index is 0.291. The third kappa shape index (κ3) is 2.84. The number of hydrogen-bond donors (Lipinski definition) is 1. The molecule has 1 aliphatic carbocycles. The van der Waals surface area contributed by atoms with Gasteiger partial charge in [0.1, 0.15) is 6.33 Å². The lowest BCUT2D eigenvalue weighted by molar-refractivity contribution is 0.183. The van der Waals surface area contributed by atoms with E-state index in [2.05, 4.69) is 10.2 Å². The Hall–Kier alpha value is -0.940. The van der Waals surface area contributed by atoms with Gasteiger partial charge in [-0.15, -0.1) is 10.2 Å². The number of ether oxygens (including phenoxy) is 1. The molecular weight excluding hydrogens is 216 g/mol. The standard InChI is InChI=1S/C12H22N4O/c1-17-9-8-16-10-14-15-11(16)12(13)6-4-2-3-5-7-12/h10H,2-9,13H2,1H3. The van der Waals surface area contributed by atoms with Crippen LogP contribution in [-0.2, 0) is 16.8 Å². The van der Waals surface area contributed by atoms with Crippen LogP contribution in [0.1, 0.15) is 44.3 Å². The van der Waals surface area contributed by atoms with E-state index in [9.17, 15) is 0 Å². The Labute approximate surface area is 102 Å². The highest BCUT2D eigenvalue weighted by molar-refractivity contribution is 5.05. The van der Waals surface area contributed by atoms with Crippen molar-refractivity contribution in [3.05, 3.63) is 12.2 Å². The Bertz CT molecular complexity index is 342. The van der Waals surface area contributed by atoms with Crippen molar-refractivity contribution in [2.45, 2.75) is 50.6 Å². The van der Waals surface area contributed by atoms with Gasteiger partial charge in [-0.05, 0) is 12.8 Å². The highest BCUT2D eigenvalue weighted by Gasteiger charge is 2.32. The molecule has 0 aliphatic heterocycles. The summed E-state index contributed by atoms with van der Waals surface area (Å²) in [6, 6.07) is 0. The van der Waals surface area contributed by atoms with Crippen molar-refractivity contribution in [1.82, 2.24) is 14.8 Å². The average Bonchev–Trinajstić information content (AvgIpc) is 2.70. The first kappa shape index (κ1) is 12.5. The lowest BCUT2D eigenvalue weighted by atomic mass is 9.90. The SMILES string of the molecule is COCCn1cnnc1C1(N)CCCCCC1. The molecule has 0 amide bonds. The number of aromatic nitrogens is 3. The van der Waals surface area contributed by atoms with E-state index >= 15 is 0 Å². The molecule has 96 valence electrons. The lowest BCUT2D eigenvalue weighted by Crippen LogP contribution is -2.39. The molecule has 0 saturated heterocycles. The van der Waals surface area contributed by atoms with Gasteiger partial charge in [-0.3, -0.25) is 0 Å². The summed E-state index contributed by atoms with van der Waals surface area (Å²) in [5.74, 6) is 0.927. The first-order valence-electron chi connectivity index (χ1n) is 6.42. The van der Waals surface area contributed by atoms with E-state index in [0.717, 1.165) is 25.2 Å². The van der Waals surface area contributed by atoms with Gasteiger partial charge in [0.15, 0.2) is 5.82 Å². The number of methoxy groups -OCH3 is 1. The van der Waals surface area contributed by atoms with E-state index < -0.39 is 0 Å². The van der Waals surface area contributed by atoms with Crippen LogP contribution in [0.3, 0.4) is 0 Å². The molecule has 0 atom stereocenters. The highest BCUT2D eigenvalue weighted by atomic mass is 16.5. The van der Waals surface area contributed by atoms with Crippen molar-refractivity contribution < 1.29 is 4.74 Å². The number of hydrogen-bond acceptors (Lipinski definition) is 4. The third-order valence-corrected chi connectivity index (χ3v) is 3.59. The van der Waals surface area contributed by atoms with Crippen LogP contribution in [-0.4, -0.2) is 28.5 Å². The summed E-state index contributed by atoms with van der Waals surface area (Å²) in [7, 11) is 1.70. The second-order valence-corrected chi connectivity index (χ2v) is 4.91. The molecule has 1 aromatic heterocycles. The van der Waals surface area contributed by atoms with Crippen molar-refractivity contribution in [2.75, 3.05) is 13.7 Å². The number of rotatable bonds is 4. The van der Waals surface area contributed by atoms with E-state index in [-0.39, 0.29) is 5.54 Å². The van der Waals surface area contributed by atoms with Gasteiger partial charge in [-0.25, -0.2) is 0 Å². The minimum atomic E-state index is -0.291. The topological polar surface area (TPSA) is 66.0 Å². The zero-order chi connectivity index (χ0) is 12.1. The van der Waals surface area contributed by atoms with E-state index in [1.54, 1.807) is 13.4 Å². The monoisotopic (exact) mass is 238 g/mol. The van der Waals surface area contributed by atoms with Gasteiger partial charge >= 0.3 is 0 Å². The van der Waals surface area contributed by atoms with Gasteiger partial charge in [0.25, 0.3) is 0 Å². The molecule has 1 saturated carbocycles. The Morgan fingerprint density at radius 3 is 2.71 bits per heavy atom.